The second kappa shape index (κ2) is 7.28. The summed E-state index contributed by atoms with van der Waals surface area (Å²) >= 11 is 1.47. The SMILES string of the molecule is COC(=O)C1CCCN1Sc1cccc(Nc2c(OC)c(=O)c2=O)c1. The van der Waals surface area contributed by atoms with Crippen molar-refractivity contribution in [3.05, 3.63) is 44.7 Å². The third kappa shape index (κ3) is 3.40. The second-order valence-electron chi connectivity index (χ2n) is 5.63. The van der Waals surface area contributed by atoms with Gasteiger partial charge in [0.25, 0.3) is 10.9 Å². The summed E-state index contributed by atoms with van der Waals surface area (Å²) in [5.41, 5.74) is -0.360. The molecule has 2 aromatic rings. The largest absolute Gasteiger partial charge is 0.491 e. The number of hydrogen-bond acceptors (Lipinski definition) is 8. The van der Waals surface area contributed by atoms with Crippen LogP contribution in [-0.2, 0) is 9.53 Å². The van der Waals surface area contributed by atoms with Crippen molar-refractivity contribution in [2.45, 2.75) is 23.8 Å². The van der Waals surface area contributed by atoms with Crippen molar-refractivity contribution in [3.8, 4) is 5.75 Å². The Balaban J connectivity index is 1.74. The standard InChI is InChI=1S/C17H18N2O5S/c1-23-16-13(14(20)15(16)21)18-10-5-3-6-11(9-10)25-19-8-4-7-12(19)17(22)24-2/h3,5-6,9,12,18H,4,7-8H2,1-2H3. The predicted octanol–water partition coefficient (Wildman–Crippen LogP) is 1.68. The summed E-state index contributed by atoms with van der Waals surface area (Å²) in [5.74, 6) is -0.180. The Morgan fingerprint density at radius 1 is 1.28 bits per heavy atom. The fraction of sp³-hybridized carbons (Fsp3) is 0.353. The first-order chi connectivity index (χ1) is 12.0. The third-order valence-electron chi connectivity index (χ3n) is 4.07. The van der Waals surface area contributed by atoms with E-state index in [0.29, 0.717) is 5.69 Å². The predicted molar refractivity (Wildman–Crippen MR) is 95.2 cm³/mol. The zero-order chi connectivity index (χ0) is 18.0. The van der Waals surface area contributed by atoms with Crippen LogP contribution in [-0.4, -0.2) is 37.1 Å². The van der Waals surface area contributed by atoms with Crippen LogP contribution in [0.25, 0.3) is 0 Å². The minimum absolute atomic E-state index is 0.0494. The van der Waals surface area contributed by atoms with E-state index in [1.807, 2.05) is 22.5 Å². The number of nitrogens with one attached hydrogen (secondary N) is 1. The lowest BCUT2D eigenvalue weighted by atomic mass is 10.2. The number of methoxy groups -OCH3 is 2. The van der Waals surface area contributed by atoms with E-state index in [2.05, 4.69) is 5.32 Å². The molecule has 1 saturated heterocycles. The minimum atomic E-state index is -0.617. The number of benzene rings is 1. The molecule has 1 fully saturated rings. The first kappa shape index (κ1) is 17.5. The summed E-state index contributed by atoms with van der Waals surface area (Å²) < 4.78 is 11.8. The maximum Gasteiger partial charge on any atom is 0.323 e. The minimum Gasteiger partial charge on any atom is -0.491 e. The molecule has 0 amide bonds. The van der Waals surface area contributed by atoms with E-state index >= 15 is 0 Å². The van der Waals surface area contributed by atoms with E-state index in [-0.39, 0.29) is 23.4 Å². The van der Waals surface area contributed by atoms with Gasteiger partial charge in [0.2, 0.25) is 0 Å². The van der Waals surface area contributed by atoms with Crippen LogP contribution in [0.5, 0.6) is 5.75 Å². The molecule has 0 aromatic heterocycles. The van der Waals surface area contributed by atoms with Gasteiger partial charge in [0, 0.05) is 17.1 Å². The molecule has 0 spiro atoms. The van der Waals surface area contributed by atoms with Gasteiger partial charge in [0.1, 0.15) is 11.7 Å². The molecule has 7 nitrogen and oxygen atoms in total. The maximum absolute atomic E-state index is 11.8. The van der Waals surface area contributed by atoms with Crippen LogP contribution in [0.2, 0.25) is 0 Å². The van der Waals surface area contributed by atoms with Crippen molar-refractivity contribution < 1.29 is 14.3 Å². The van der Waals surface area contributed by atoms with Gasteiger partial charge in [-0.25, -0.2) is 4.31 Å². The summed E-state index contributed by atoms with van der Waals surface area (Å²) in [6, 6.07) is 7.16. The van der Waals surface area contributed by atoms with Crippen molar-refractivity contribution in [1.29, 1.82) is 0 Å². The third-order valence-corrected chi connectivity index (χ3v) is 5.21. The summed E-state index contributed by atoms with van der Waals surface area (Å²) in [6.07, 6.45) is 1.71. The number of ether oxygens (including phenoxy) is 2. The first-order valence-corrected chi connectivity index (χ1v) is 8.59. The van der Waals surface area contributed by atoms with Gasteiger partial charge in [-0.15, -0.1) is 0 Å². The fourth-order valence-electron chi connectivity index (χ4n) is 2.81. The average molecular weight is 362 g/mol. The number of rotatable bonds is 6. The molecule has 2 aromatic carbocycles. The van der Waals surface area contributed by atoms with E-state index < -0.39 is 10.9 Å². The highest BCUT2D eigenvalue weighted by molar-refractivity contribution is 7.97. The summed E-state index contributed by atoms with van der Waals surface area (Å²) in [6.45, 7) is 0.800. The van der Waals surface area contributed by atoms with Crippen molar-refractivity contribution in [2.75, 3.05) is 26.1 Å². The molecule has 0 radical (unpaired) electrons. The molecule has 8 heteroatoms. The number of carbonyl (C=O) groups is 1. The molecular formula is C17H18N2O5S. The lowest BCUT2D eigenvalue weighted by molar-refractivity contribution is -0.144. The van der Waals surface area contributed by atoms with Crippen LogP contribution in [0, 0.1) is 0 Å². The molecule has 1 N–H and O–H groups in total. The van der Waals surface area contributed by atoms with Crippen LogP contribution in [0.1, 0.15) is 12.8 Å². The molecule has 3 rings (SSSR count). The molecule has 1 atom stereocenters. The van der Waals surface area contributed by atoms with E-state index in [0.717, 1.165) is 24.3 Å². The maximum atomic E-state index is 11.8. The van der Waals surface area contributed by atoms with Gasteiger partial charge >= 0.3 is 5.97 Å². The quantitative estimate of drug-likeness (QED) is 0.472. The Hall–Kier alpha value is -2.32. The van der Waals surface area contributed by atoms with E-state index in [9.17, 15) is 14.4 Å². The summed E-state index contributed by atoms with van der Waals surface area (Å²) in [4.78, 5) is 35.8. The molecule has 1 unspecified atom stereocenters. The van der Waals surface area contributed by atoms with Crippen LogP contribution in [0.15, 0.2) is 38.8 Å². The lowest BCUT2D eigenvalue weighted by Crippen LogP contribution is -2.34. The molecule has 0 bridgehead atoms. The lowest BCUT2D eigenvalue weighted by Gasteiger charge is -2.21. The number of esters is 1. The Kier molecular flexibility index (Phi) is 5.10. The first-order valence-electron chi connectivity index (χ1n) is 7.82. The highest BCUT2D eigenvalue weighted by Gasteiger charge is 2.32. The number of nitrogens with zero attached hydrogens (tertiary/aromatic N) is 1. The van der Waals surface area contributed by atoms with Crippen LogP contribution >= 0.6 is 11.9 Å². The Morgan fingerprint density at radius 2 is 2.08 bits per heavy atom. The normalized spacial score (nSPS) is 17.6. The van der Waals surface area contributed by atoms with E-state index in [1.54, 1.807) is 6.07 Å². The number of hydrogen-bond donors (Lipinski definition) is 1. The molecule has 1 aliphatic rings. The van der Waals surface area contributed by atoms with Gasteiger partial charge in [-0.3, -0.25) is 14.4 Å². The smallest absolute Gasteiger partial charge is 0.323 e. The van der Waals surface area contributed by atoms with Gasteiger partial charge < -0.3 is 14.8 Å². The molecule has 1 aliphatic heterocycles. The highest BCUT2D eigenvalue weighted by Crippen LogP contribution is 2.33. The number of anilines is 2. The zero-order valence-electron chi connectivity index (χ0n) is 13.9. The Morgan fingerprint density at radius 3 is 2.80 bits per heavy atom. The van der Waals surface area contributed by atoms with Crippen LogP contribution < -0.4 is 20.9 Å². The molecule has 132 valence electrons. The topological polar surface area (TPSA) is 84.9 Å². The van der Waals surface area contributed by atoms with Gasteiger partial charge in [-0.2, -0.15) is 0 Å². The van der Waals surface area contributed by atoms with E-state index in [4.69, 9.17) is 9.47 Å². The summed E-state index contributed by atoms with van der Waals surface area (Å²) in [7, 11) is 2.75. The molecule has 0 saturated carbocycles. The number of carbonyl (C=O) groups excluding carboxylic acids is 1. The molecule has 25 heavy (non-hydrogen) atoms. The monoisotopic (exact) mass is 362 g/mol. The van der Waals surface area contributed by atoms with Gasteiger partial charge in [-0.1, -0.05) is 6.07 Å². The van der Waals surface area contributed by atoms with E-state index in [1.165, 1.54) is 26.2 Å². The van der Waals surface area contributed by atoms with Crippen molar-refractivity contribution in [2.24, 2.45) is 0 Å². The van der Waals surface area contributed by atoms with Crippen molar-refractivity contribution in [1.82, 2.24) is 4.31 Å². The van der Waals surface area contributed by atoms with Crippen molar-refractivity contribution >= 4 is 29.3 Å². The molecule has 1 heterocycles. The highest BCUT2D eigenvalue weighted by atomic mass is 32.2. The average Bonchev–Trinajstić information content (AvgIpc) is 3.09. The van der Waals surface area contributed by atoms with Gasteiger partial charge in [0.15, 0.2) is 5.75 Å². The van der Waals surface area contributed by atoms with Gasteiger partial charge in [0.05, 0.1) is 14.2 Å². The Labute approximate surface area is 148 Å². The van der Waals surface area contributed by atoms with Crippen molar-refractivity contribution in [3.63, 3.8) is 0 Å². The Bertz CT molecular complexity index is 859. The zero-order valence-corrected chi connectivity index (χ0v) is 14.7. The molecular weight excluding hydrogens is 344 g/mol. The summed E-state index contributed by atoms with van der Waals surface area (Å²) in [5, 5.41) is 2.93. The van der Waals surface area contributed by atoms with Gasteiger partial charge in [-0.05, 0) is 43.0 Å². The second-order valence-corrected chi connectivity index (χ2v) is 6.76. The van der Waals surface area contributed by atoms with Crippen LogP contribution in [0.4, 0.5) is 11.4 Å². The fourth-order valence-corrected chi connectivity index (χ4v) is 3.94. The van der Waals surface area contributed by atoms with Crippen LogP contribution in [0.3, 0.4) is 0 Å². The molecule has 0 aliphatic carbocycles.